The van der Waals surface area contributed by atoms with E-state index >= 15 is 0 Å². The van der Waals surface area contributed by atoms with Crippen LogP contribution in [-0.4, -0.2) is 4.92 Å². The first-order valence-corrected chi connectivity index (χ1v) is 6.04. The summed E-state index contributed by atoms with van der Waals surface area (Å²) >= 11 is 3.20. The zero-order valence-electron chi connectivity index (χ0n) is 9.59. The van der Waals surface area contributed by atoms with Crippen molar-refractivity contribution in [1.29, 1.82) is 0 Å². The molecule has 4 nitrogen and oxygen atoms in total. The van der Waals surface area contributed by atoms with Crippen LogP contribution in [-0.2, 0) is 0 Å². The summed E-state index contributed by atoms with van der Waals surface area (Å²) < 4.78 is 6.19. The molecule has 0 fully saturated rings. The van der Waals surface area contributed by atoms with Crippen molar-refractivity contribution in [2.45, 2.75) is 6.92 Å². The third kappa shape index (κ3) is 2.87. The molecule has 0 aromatic heterocycles. The summed E-state index contributed by atoms with van der Waals surface area (Å²) in [6.45, 7) is 1.93. The van der Waals surface area contributed by atoms with Gasteiger partial charge in [0.1, 0.15) is 5.75 Å². The van der Waals surface area contributed by atoms with Crippen LogP contribution >= 0.6 is 15.9 Å². The third-order valence-electron chi connectivity index (χ3n) is 2.34. The number of nitrogens with zero attached hydrogens (tertiary/aromatic N) is 1. The Balaban J connectivity index is 2.37. The van der Waals surface area contributed by atoms with E-state index in [1.807, 2.05) is 25.1 Å². The first-order valence-electron chi connectivity index (χ1n) is 5.25. The number of rotatable bonds is 3. The summed E-state index contributed by atoms with van der Waals surface area (Å²) in [7, 11) is 0. The van der Waals surface area contributed by atoms with Gasteiger partial charge in [0.15, 0.2) is 0 Å². The van der Waals surface area contributed by atoms with Crippen molar-refractivity contribution in [3.05, 3.63) is 62.6 Å². The van der Waals surface area contributed by atoms with E-state index in [1.54, 1.807) is 18.2 Å². The first-order chi connectivity index (χ1) is 8.56. The fourth-order valence-corrected chi connectivity index (χ4v) is 1.87. The van der Waals surface area contributed by atoms with Gasteiger partial charge in [-0.2, -0.15) is 0 Å². The standard InChI is InChI=1S/C13H10BrNO3/c1-9-3-2-4-11(7-9)18-13-6-5-10(14)8-12(13)15(16)17/h2-8H,1H3. The van der Waals surface area contributed by atoms with Crippen LogP contribution in [0.3, 0.4) is 0 Å². The molecule has 2 aromatic carbocycles. The molecule has 0 heterocycles. The van der Waals surface area contributed by atoms with Crippen molar-refractivity contribution in [1.82, 2.24) is 0 Å². The molecule has 0 unspecified atom stereocenters. The van der Waals surface area contributed by atoms with Crippen molar-refractivity contribution in [3.8, 4) is 11.5 Å². The van der Waals surface area contributed by atoms with E-state index < -0.39 is 4.92 Å². The smallest absolute Gasteiger partial charge is 0.312 e. The molecule has 2 aromatic rings. The maximum absolute atomic E-state index is 10.9. The highest BCUT2D eigenvalue weighted by atomic mass is 79.9. The summed E-state index contributed by atoms with van der Waals surface area (Å²) in [4.78, 5) is 10.5. The molecule has 18 heavy (non-hydrogen) atoms. The second kappa shape index (κ2) is 5.18. The zero-order chi connectivity index (χ0) is 13.1. The van der Waals surface area contributed by atoms with Crippen molar-refractivity contribution < 1.29 is 9.66 Å². The maximum atomic E-state index is 10.9. The molecule has 0 spiro atoms. The van der Waals surface area contributed by atoms with Crippen LogP contribution in [0.15, 0.2) is 46.9 Å². The van der Waals surface area contributed by atoms with Gasteiger partial charge >= 0.3 is 5.69 Å². The van der Waals surface area contributed by atoms with Crippen molar-refractivity contribution in [3.63, 3.8) is 0 Å². The minimum absolute atomic E-state index is 0.0640. The predicted octanol–water partition coefficient (Wildman–Crippen LogP) is 4.46. The van der Waals surface area contributed by atoms with Crippen LogP contribution in [0.25, 0.3) is 0 Å². The summed E-state index contributed by atoms with van der Waals surface area (Å²) in [5.74, 6) is 0.814. The molecule has 0 atom stereocenters. The van der Waals surface area contributed by atoms with E-state index in [2.05, 4.69) is 15.9 Å². The number of ether oxygens (including phenoxy) is 1. The molecular weight excluding hydrogens is 298 g/mol. The first kappa shape index (κ1) is 12.6. The Morgan fingerprint density at radius 2 is 2.00 bits per heavy atom. The normalized spacial score (nSPS) is 10.1. The molecular formula is C13H10BrNO3. The summed E-state index contributed by atoms with van der Waals surface area (Å²) in [6.07, 6.45) is 0. The fourth-order valence-electron chi connectivity index (χ4n) is 1.53. The molecule has 2 rings (SSSR count). The number of halogens is 1. The molecule has 0 N–H and O–H groups in total. The Hall–Kier alpha value is -1.88. The van der Waals surface area contributed by atoms with Gasteiger partial charge in [0.25, 0.3) is 0 Å². The average molecular weight is 308 g/mol. The molecule has 0 saturated heterocycles. The van der Waals surface area contributed by atoms with Gasteiger partial charge in [0.2, 0.25) is 5.75 Å². The van der Waals surface area contributed by atoms with E-state index in [0.717, 1.165) is 5.56 Å². The Morgan fingerprint density at radius 3 is 2.67 bits per heavy atom. The van der Waals surface area contributed by atoms with Crippen molar-refractivity contribution in [2.75, 3.05) is 0 Å². The van der Waals surface area contributed by atoms with E-state index in [1.165, 1.54) is 6.07 Å². The van der Waals surface area contributed by atoms with Crippen LogP contribution in [0.5, 0.6) is 11.5 Å². The quantitative estimate of drug-likeness (QED) is 0.621. The summed E-state index contributed by atoms with van der Waals surface area (Å²) in [5, 5.41) is 10.9. The van der Waals surface area contributed by atoms with Crippen LogP contribution in [0, 0.1) is 17.0 Å². The Kier molecular flexibility index (Phi) is 3.62. The SMILES string of the molecule is Cc1cccc(Oc2ccc(Br)cc2[N+](=O)[O-])c1. The third-order valence-corrected chi connectivity index (χ3v) is 2.83. The number of benzene rings is 2. The largest absolute Gasteiger partial charge is 0.450 e. The van der Waals surface area contributed by atoms with Gasteiger partial charge in [-0.15, -0.1) is 0 Å². The molecule has 0 saturated carbocycles. The van der Waals surface area contributed by atoms with Crippen LogP contribution in [0.2, 0.25) is 0 Å². The number of nitro benzene ring substituents is 1. The summed E-state index contributed by atoms with van der Waals surface area (Å²) in [5.41, 5.74) is 0.971. The number of nitro groups is 1. The average Bonchev–Trinajstić information content (AvgIpc) is 2.31. The van der Waals surface area contributed by atoms with E-state index in [9.17, 15) is 10.1 Å². The van der Waals surface area contributed by atoms with Gasteiger partial charge in [-0.05, 0) is 36.8 Å². The highest BCUT2D eigenvalue weighted by Gasteiger charge is 2.16. The van der Waals surface area contributed by atoms with Gasteiger partial charge in [-0.1, -0.05) is 28.1 Å². The van der Waals surface area contributed by atoms with E-state index in [0.29, 0.717) is 10.2 Å². The lowest BCUT2D eigenvalue weighted by atomic mass is 10.2. The molecule has 0 aliphatic heterocycles. The van der Waals surface area contributed by atoms with Crippen LogP contribution in [0.1, 0.15) is 5.56 Å². The Labute approximate surface area is 112 Å². The van der Waals surface area contributed by atoms with E-state index in [-0.39, 0.29) is 11.4 Å². The van der Waals surface area contributed by atoms with Crippen LogP contribution in [0.4, 0.5) is 5.69 Å². The van der Waals surface area contributed by atoms with Gasteiger partial charge in [-0.25, -0.2) is 0 Å². The highest BCUT2D eigenvalue weighted by Crippen LogP contribution is 2.33. The zero-order valence-corrected chi connectivity index (χ0v) is 11.2. The molecule has 0 radical (unpaired) electrons. The number of hydrogen-bond donors (Lipinski definition) is 0. The topological polar surface area (TPSA) is 52.4 Å². The number of aryl methyl sites for hydroxylation is 1. The monoisotopic (exact) mass is 307 g/mol. The molecule has 0 amide bonds. The second-order valence-corrected chi connectivity index (χ2v) is 4.70. The summed E-state index contributed by atoms with van der Waals surface area (Å²) in [6, 6.07) is 12.1. The molecule has 0 aliphatic rings. The lowest BCUT2D eigenvalue weighted by molar-refractivity contribution is -0.385. The maximum Gasteiger partial charge on any atom is 0.312 e. The molecule has 0 aliphatic carbocycles. The minimum Gasteiger partial charge on any atom is -0.450 e. The fraction of sp³-hybridized carbons (Fsp3) is 0.0769. The molecule has 0 bridgehead atoms. The van der Waals surface area contributed by atoms with Crippen LogP contribution < -0.4 is 4.74 Å². The predicted molar refractivity (Wildman–Crippen MR) is 72.0 cm³/mol. The minimum atomic E-state index is -0.462. The number of hydrogen-bond acceptors (Lipinski definition) is 3. The van der Waals surface area contributed by atoms with Gasteiger partial charge in [-0.3, -0.25) is 10.1 Å². The van der Waals surface area contributed by atoms with Gasteiger partial charge in [0, 0.05) is 10.5 Å². The van der Waals surface area contributed by atoms with E-state index in [4.69, 9.17) is 4.74 Å². The van der Waals surface area contributed by atoms with Gasteiger partial charge in [0.05, 0.1) is 4.92 Å². The lowest BCUT2D eigenvalue weighted by Gasteiger charge is -2.07. The van der Waals surface area contributed by atoms with Crippen molar-refractivity contribution in [2.24, 2.45) is 0 Å². The Morgan fingerprint density at radius 1 is 1.22 bits per heavy atom. The van der Waals surface area contributed by atoms with Crippen molar-refractivity contribution >= 4 is 21.6 Å². The van der Waals surface area contributed by atoms with Gasteiger partial charge < -0.3 is 4.74 Å². The molecule has 92 valence electrons. The highest BCUT2D eigenvalue weighted by molar-refractivity contribution is 9.10. The lowest BCUT2D eigenvalue weighted by Crippen LogP contribution is -1.93. The second-order valence-electron chi connectivity index (χ2n) is 3.79. The Bertz CT molecular complexity index is 599. The molecule has 5 heteroatoms.